The van der Waals surface area contributed by atoms with E-state index in [-0.39, 0.29) is 6.09 Å². The number of terminal acetylenes is 1. The molecule has 0 bridgehead atoms. The number of ether oxygens (including phenoxy) is 1. The van der Waals surface area contributed by atoms with Crippen LogP contribution in [0.3, 0.4) is 0 Å². The van der Waals surface area contributed by atoms with Crippen molar-refractivity contribution in [2.45, 2.75) is 39.8 Å². The Balaban J connectivity index is 1.70. The zero-order chi connectivity index (χ0) is 21.0. The molecule has 0 spiro atoms. The average Bonchev–Trinajstić information content (AvgIpc) is 2.69. The standard InChI is InChI=1S/C23H34N4O2/c1-6-19-15-21(16-20(18(19)2)17-25-9-7-24-8-10-25)26-11-13-27(14-12-26)22(28)29-23(3,4)5/h1,15-16,24H,7-14,17H2,2-5H3. The van der Waals surface area contributed by atoms with Crippen LogP contribution in [0.5, 0.6) is 0 Å². The second-order valence-corrected chi connectivity index (χ2v) is 8.90. The lowest BCUT2D eigenvalue weighted by molar-refractivity contribution is 0.0240. The SMILES string of the molecule is C#Cc1cc(N2CCN(C(=O)OC(C)(C)C)CC2)cc(CN2CCNCC2)c1C. The van der Waals surface area contributed by atoms with E-state index in [0.717, 1.165) is 57.1 Å². The molecular weight excluding hydrogens is 364 g/mol. The normalized spacial score (nSPS) is 18.4. The molecule has 0 radical (unpaired) electrons. The number of hydrogen-bond acceptors (Lipinski definition) is 5. The van der Waals surface area contributed by atoms with Gasteiger partial charge in [-0.25, -0.2) is 4.79 Å². The summed E-state index contributed by atoms with van der Waals surface area (Å²) < 4.78 is 5.51. The Bertz CT molecular complexity index is 764. The topological polar surface area (TPSA) is 48.1 Å². The van der Waals surface area contributed by atoms with Crippen LogP contribution < -0.4 is 10.2 Å². The van der Waals surface area contributed by atoms with E-state index in [1.54, 1.807) is 4.90 Å². The summed E-state index contributed by atoms with van der Waals surface area (Å²) in [6.07, 6.45) is 5.58. The first-order valence-electron chi connectivity index (χ1n) is 10.5. The maximum absolute atomic E-state index is 12.3. The lowest BCUT2D eigenvalue weighted by Crippen LogP contribution is -2.50. The van der Waals surface area contributed by atoms with Crippen molar-refractivity contribution in [1.82, 2.24) is 15.1 Å². The second kappa shape index (κ2) is 9.06. The zero-order valence-electron chi connectivity index (χ0n) is 18.3. The number of amides is 1. The first-order valence-corrected chi connectivity index (χ1v) is 10.5. The van der Waals surface area contributed by atoms with Gasteiger partial charge in [0.15, 0.2) is 0 Å². The van der Waals surface area contributed by atoms with Crippen molar-refractivity contribution >= 4 is 11.8 Å². The number of nitrogens with zero attached hydrogens (tertiary/aromatic N) is 3. The minimum absolute atomic E-state index is 0.232. The van der Waals surface area contributed by atoms with Gasteiger partial charge >= 0.3 is 6.09 Å². The Kier molecular flexibility index (Phi) is 6.71. The number of hydrogen-bond donors (Lipinski definition) is 1. The van der Waals surface area contributed by atoms with E-state index < -0.39 is 5.60 Å². The molecule has 2 aliphatic heterocycles. The lowest BCUT2D eigenvalue weighted by Gasteiger charge is -2.37. The van der Waals surface area contributed by atoms with Crippen molar-refractivity contribution in [3.8, 4) is 12.3 Å². The molecule has 6 nitrogen and oxygen atoms in total. The van der Waals surface area contributed by atoms with Gasteiger partial charge in [-0.15, -0.1) is 6.42 Å². The minimum Gasteiger partial charge on any atom is -0.444 e. The molecule has 0 saturated carbocycles. The Hall–Kier alpha value is -2.23. The molecule has 0 aliphatic carbocycles. The van der Waals surface area contributed by atoms with Crippen LogP contribution in [0.25, 0.3) is 0 Å². The summed E-state index contributed by atoms with van der Waals surface area (Å²) in [5.41, 5.74) is 4.14. The summed E-state index contributed by atoms with van der Waals surface area (Å²) in [6, 6.07) is 4.39. The largest absolute Gasteiger partial charge is 0.444 e. The molecular formula is C23H34N4O2. The minimum atomic E-state index is -0.467. The molecule has 0 unspecified atom stereocenters. The quantitative estimate of drug-likeness (QED) is 0.793. The third-order valence-electron chi connectivity index (χ3n) is 5.56. The van der Waals surface area contributed by atoms with E-state index in [1.807, 2.05) is 20.8 Å². The highest BCUT2D eigenvalue weighted by molar-refractivity contribution is 5.69. The number of carbonyl (C=O) groups is 1. The van der Waals surface area contributed by atoms with E-state index >= 15 is 0 Å². The van der Waals surface area contributed by atoms with Crippen LogP contribution >= 0.6 is 0 Å². The number of rotatable bonds is 3. The Morgan fingerprint density at radius 1 is 1.14 bits per heavy atom. The van der Waals surface area contributed by atoms with E-state index in [0.29, 0.717) is 13.1 Å². The van der Waals surface area contributed by atoms with E-state index in [2.05, 4.69) is 40.1 Å². The van der Waals surface area contributed by atoms with Crippen molar-refractivity contribution in [3.05, 3.63) is 28.8 Å². The summed E-state index contributed by atoms with van der Waals surface area (Å²) >= 11 is 0. The van der Waals surface area contributed by atoms with Crippen molar-refractivity contribution in [3.63, 3.8) is 0 Å². The second-order valence-electron chi connectivity index (χ2n) is 8.90. The van der Waals surface area contributed by atoms with Crippen LogP contribution in [0.2, 0.25) is 0 Å². The summed E-state index contributed by atoms with van der Waals surface area (Å²) in [7, 11) is 0. The smallest absolute Gasteiger partial charge is 0.410 e. The lowest BCUT2D eigenvalue weighted by atomic mass is 10.00. The highest BCUT2D eigenvalue weighted by atomic mass is 16.6. The van der Waals surface area contributed by atoms with Crippen LogP contribution in [0.4, 0.5) is 10.5 Å². The fourth-order valence-electron chi connectivity index (χ4n) is 3.84. The molecule has 0 aromatic heterocycles. The van der Waals surface area contributed by atoms with Gasteiger partial charge in [0.25, 0.3) is 0 Å². The number of anilines is 1. The van der Waals surface area contributed by atoms with Crippen molar-refractivity contribution in [2.75, 3.05) is 57.3 Å². The third-order valence-corrected chi connectivity index (χ3v) is 5.56. The van der Waals surface area contributed by atoms with Crippen LogP contribution in [-0.4, -0.2) is 73.9 Å². The fourth-order valence-corrected chi connectivity index (χ4v) is 3.84. The van der Waals surface area contributed by atoms with Gasteiger partial charge in [0.05, 0.1) is 0 Å². The van der Waals surface area contributed by atoms with E-state index in [4.69, 9.17) is 11.2 Å². The Labute approximate surface area is 175 Å². The molecule has 1 amide bonds. The molecule has 2 fully saturated rings. The first-order chi connectivity index (χ1) is 13.8. The van der Waals surface area contributed by atoms with Crippen LogP contribution in [0, 0.1) is 19.3 Å². The van der Waals surface area contributed by atoms with Gasteiger partial charge in [0, 0.05) is 70.2 Å². The predicted octanol–water partition coefficient (Wildman–Crippen LogP) is 2.44. The molecule has 158 valence electrons. The monoisotopic (exact) mass is 398 g/mol. The van der Waals surface area contributed by atoms with Gasteiger partial charge < -0.3 is 19.9 Å². The first kappa shape index (κ1) is 21.5. The van der Waals surface area contributed by atoms with Crippen LogP contribution in [-0.2, 0) is 11.3 Å². The van der Waals surface area contributed by atoms with E-state index in [1.165, 1.54) is 11.1 Å². The number of nitrogens with one attached hydrogen (secondary N) is 1. The van der Waals surface area contributed by atoms with Crippen LogP contribution in [0.15, 0.2) is 12.1 Å². The maximum atomic E-state index is 12.3. The van der Waals surface area contributed by atoms with Gasteiger partial charge in [-0.1, -0.05) is 5.92 Å². The fraction of sp³-hybridized carbons (Fsp3) is 0.609. The molecule has 1 aromatic carbocycles. The summed E-state index contributed by atoms with van der Waals surface area (Å²) in [5.74, 6) is 2.86. The van der Waals surface area contributed by atoms with Crippen molar-refractivity contribution in [1.29, 1.82) is 0 Å². The third kappa shape index (κ3) is 5.65. The van der Waals surface area contributed by atoms with Crippen molar-refractivity contribution < 1.29 is 9.53 Å². The average molecular weight is 399 g/mol. The molecule has 2 aliphatic rings. The molecule has 2 saturated heterocycles. The van der Waals surface area contributed by atoms with Gasteiger partial charge in [-0.3, -0.25) is 4.90 Å². The number of piperazine rings is 2. The molecule has 0 atom stereocenters. The highest BCUT2D eigenvalue weighted by Gasteiger charge is 2.26. The molecule has 29 heavy (non-hydrogen) atoms. The molecule has 2 heterocycles. The van der Waals surface area contributed by atoms with Gasteiger partial charge in [0.2, 0.25) is 0 Å². The maximum Gasteiger partial charge on any atom is 0.410 e. The number of carbonyl (C=O) groups excluding carboxylic acids is 1. The van der Waals surface area contributed by atoms with Crippen molar-refractivity contribution in [2.24, 2.45) is 0 Å². The summed E-state index contributed by atoms with van der Waals surface area (Å²) in [4.78, 5) is 18.9. The molecule has 3 rings (SSSR count). The Morgan fingerprint density at radius 3 is 2.38 bits per heavy atom. The van der Waals surface area contributed by atoms with Crippen LogP contribution in [0.1, 0.15) is 37.5 Å². The zero-order valence-corrected chi connectivity index (χ0v) is 18.3. The predicted molar refractivity (Wildman–Crippen MR) is 117 cm³/mol. The number of benzene rings is 1. The molecule has 1 N–H and O–H groups in total. The molecule has 6 heteroatoms. The van der Waals surface area contributed by atoms with Gasteiger partial charge in [-0.05, 0) is 51.0 Å². The van der Waals surface area contributed by atoms with Gasteiger partial charge in [-0.2, -0.15) is 0 Å². The summed E-state index contributed by atoms with van der Waals surface area (Å²) in [6.45, 7) is 15.8. The highest BCUT2D eigenvalue weighted by Crippen LogP contribution is 2.26. The summed E-state index contributed by atoms with van der Waals surface area (Å²) in [5, 5.41) is 3.40. The molecule has 1 aromatic rings. The van der Waals surface area contributed by atoms with Gasteiger partial charge in [0.1, 0.15) is 5.60 Å². The van der Waals surface area contributed by atoms with E-state index in [9.17, 15) is 4.79 Å². The Morgan fingerprint density at radius 2 is 1.79 bits per heavy atom.